The van der Waals surface area contributed by atoms with Gasteiger partial charge >= 0.3 is 6.18 Å². The minimum Gasteiger partial charge on any atom is -0.492 e. The van der Waals surface area contributed by atoms with Crippen molar-refractivity contribution in [3.63, 3.8) is 0 Å². The normalized spacial score (nSPS) is 13.7. The van der Waals surface area contributed by atoms with Crippen LogP contribution in [0.5, 0.6) is 5.88 Å². The molecule has 0 spiro atoms. The van der Waals surface area contributed by atoms with E-state index >= 15 is 0 Å². The Morgan fingerprint density at radius 1 is 1.09 bits per heavy atom. The number of aromatic hydroxyl groups is 1. The quantitative estimate of drug-likeness (QED) is 0.512. The molecule has 0 bridgehead atoms. The lowest BCUT2D eigenvalue weighted by molar-refractivity contribution is -0.138. The maximum atomic E-state index is 13.8. The lowest BCUT2D eigenvalue weighted by atomic mass is 9.96. The summed E-state index contributed by atoms with van der Waals surface area (Å²) in [7, 11) is 5.77. The summed E-state index contributed by atoms with van der Waals surface area (Å²) in [6.45, 7) is 1.44. The van der Waals surface area contributed by atoms with Crippen molar-refractivity contribution in [3.05, 3.63) is 73.6 Å². The van der Waals surface area contributed by atoms with Crippen molar-refractivity contribution in [2.24, 2.45) is 10.2 Å². The monoisotopic (exact) mass is 521 g/mol. The Morgan fingerprint density at radius 2 is 1.86 bits per heavy atom. The fraction of sp³-hybridized carbons (Fsp3) is 0.292. The fourth-order valence-electron chi connectivity index (χ4n) is 3.67. The molecule has 0 radical (unpaired) electrons. The second-order valence-corrected chi connectivity index (χ2v) is 9.86. The van der Waals surface area contributed by atoms with Crippen LogP contribution in [0.1, 0.15) is 21.6 Å². The lowest BCUT2D eigenvalue weighted by Gasteiger charge is -2.18. The van der Waals surface area contributed by atoms with Crippen molar-refractivity contribution in [2.45, 2.75) is 12.6 Å². The minimum absolute atomic E-state index is 0.00317. The van der Waals surface area contributed by atoms with Crippen LogP contribution < -0.4 is 15.5 Å². The van der Waals surface area contributed by atoms with Gasteiger partial charge in [0.2, 0.25) is 5.88 Å². The number of thiazole rings is 1. The van der Waals surface area contributed by atoms with Gasteiger partial charge in [0, 0.05) is 37.1 Å². The molecule has 11 heteroatoms. The Bertz CT molecular complexity index is 1400. The SMILES string of the molecule is CN(C)CCN(C)c1nc(O)c(C(Cc2ccc(Cl)cc2C(F)(F)F)=c2ccc3c(c2)C=NN=3)s1. The summed E-state index contributed by atoms with van der Waals surface area (Å²) in [5.41, 5.74) is 0.501. The van der Waals surface area contributed by atoms with Gasteiger partial charge in [0.05, 0.1) is 22.0 Å². The molecular weight excluding hydrogens is 499 g/mol. The first-order chi connectivity index (χ1) is 16.5. The first kappa shape index (κ1) is 25.2. The van der Waals surface area contributed by atoms with E-state index in [2.05, 4.69) is 15.2 Å². The van der Waals surface area contributed by atoms with Gasteiger partial charge in [-0.05, 0) is 54.7 Å². The van der Waals surface area contributed by atoms with Crippen molar-refractivity contribution in [1.29, 1.82) is 0 Å². The first-order valence-electron chi connectivity index (χ1n) is 10.7. The number of benzene rings is 2. The predicted octanol–water partition coefficient (Wildman–Crippen LogP) is 3.93. The number of anilines is 1. The molecule has 184 valence electrons. The molecule has 6 nitrogen and oxygen atoms in total. The molecule has 0 amide bonds. The van der Waals surface area contributed by atoms with Crippen LogP contribution in [0.25, 0.3) is 5.57 Å². The summed E-state index contributed by atoms with van der Waals surface area (Å²) in [6.07, 6.45) is -3.08. The molecule has 0 unspecified atom stereocenters. The summed E-state index contributed by atoms with van der Waals surface area (Å²) < 4.78 is 41.5. The molecule has 0 fully saturated rings. The highest BCUT2D eigenvalue weighted by atomic mass is 35.5. The second-order valence-electron chi connectivity index (χ2n) is 8.45. The topological polar surface area (TPSA) is 64.3 Å². The fourth-order valence-corrected chi connectivity index (χ4v) is 4.85. The van der Waals surface area contributed by atoms with E-state index < -0.39 is 11.7 Å². The van der Waals surface area contributed by atoms with Crippen molar-refractivity contribution in [1.82, 2.24) is 9.88 Å². The van der Waals surface area contributed by atoms with E-state index in [9.17, 15) is 18.3 Å². The summed E-state index contributed by atoms with van der Waals surface area (Å²) >= 11 is 7.12. The number of halogens is 4. The summed E-state index contributed by atoms with van der Waals surface area (Å²) in [4.78, 5) is 8.65. The van der Waals surface area contributed by atoms with E-state index in [0.29, 0.717) is 32.7 Å². The highest BCUT2D eigenvalue weighted by molar-refractivity contribution is 7.17. The summed E-state index contributed by atoms with van der Waals surface area (Å²) in [5, 5.41) is 20.6. The smallest absolute Gasteiger partial charge is 0.416 e. The van der Waals surface area contributed by atoms with E-state index in [1.165, 1.54) is 23.5 Å². The van der Waals surface area contributed by atoms with Gasteiger partial charge in [-0.15, -0.1) is 0 Å². The number of rotatable bonds is 7. The van der Waals surface area contributed by atoms with Crippen LogP contribution >= 0.6 is 22.9 Å². The zero-order valence-corrected chi connectivity index (χ0v) is 20.8. The standard InChI is InChI=1S/C24H23ClF3N5OS/c1-32(2)8-9-33(3)23-30-22(34)21(35-23)18(14-5-7-20-16(10-14)13-29-31-20)11-15-4-6-17(25)12-19(15)24(26,27)28/h4-7,10,12-13,34H,8-9,11H2,1-3H3. The molecule has 2 heterocycles. The third-order valence-corrected chi connectivity index (χ3v) is 7.02. The van der Waals surface area contributed by atoms with Crippen molar-refractivity contribution in [2.75, 3.05) is 39.1 Å². The molecule has 1 N–H and O–H groups in total. The molecule has 1 aliphatic heterocycles. The molecule has 0 saturated heterocycles. The lowest BCUT2D eigenvalue weighted by Crippen LogP contribution is -2.28. The third-order valence-electron chi connectivity index (χ3n) is 5.56. The van der Waals surface area contributed by atoms with Crippen LogP contribution in [0.15, 0.2) is 46.6 Å². The van der Waals surface area contributed by atoms with E-state index in [-0.39, 0.29) is 22.9 Å². The van der Waals surface area contributed by atoms with Crippen LogP contribution in [0, 0.1) is 0 Å². The van der Waals surface area contributed by atoms with E-state index in [4.69, 9.17) is 11.6 Å². The average molecular weight is 522 g/mol. The molecule has 3 aromatic rings. The first-order valence-corrected chi connectivity index (χ1v) is 11.9. The zero-order valence-electron chi connectivity index (χ0n) is 19.3. The van der Waals surface area contributed by atoms with Crippen LogP contribution in [0.2, 0.25) is 5.02 Å². The average Bonchev–Trinajstić information content (AvgIpc) is 3.42. The van der Waals surface area contributed by atoms with Crippen LogP contribution in [0.4, 0.5) is 18.3 Å². The Balaban J connectivity index is 1.86. The number of aromatic nitrogens is 1. The van der Waals surface area contributed by atoms with Gasteiger partial charge in [-0.2, -0.15) is 28.4 Å². The molecule has 1 aliphatic rings. The Hall–Kier alpha value is -2.95. The van der Waals surface area contributed by atoms with Crippen LogP contribution in [-0.2, 0) is 12.6 Å². The van der Waals surface area contributed by atoms with Gasteiger partial charge in [-0.3, -0.25) is 0 Å². The van der Waals surface area contributed by atoms with Crippen LogP contribution in [0.3, 0.4) is 0 Å². The Morgan fingerprint density at radius 3 is 2.57 bits per heavy atom. The molecule has 0 aliphatic carbocycles. The maximum absolute atomic E-state index is 13.8. The molecule has 1 aromatic heterocycles. The van der Waals surface area contributed by atoms with Crippen LogP contribution in [-0.4, -0.2) is 55.4 Å². The molecular formula is C24H23ClF3N5OS. The number of alkyl halides is 3. The highest BCUT2D eigenvalue weighted by Gasteiger charge is 2.34. The van der Waals surface area contributed by atoms with E-state index in [0.717, 1.165) is 18.2 Å². The third kappa shape index (κ3) is 5.66. The Kier molecular flexibility index (Phi) is 7.16. The van der Waals surface area contributed by atoms with Gasteiger partial charge in [-0.1, -0.05) is 35.1 Å². The van der Waals surface area contributed by atoms with Crippen molar-refractivity contribution < 1.29 is 18.3 Å². The summed E-state index contributed by atoms with van der Waals surface area (Å²) in [5.74, 6) is -0.224. The van der Waals surface area contributed by atoms with Crippen molar-refractivity contribution >= 4 is 39.9 Å². The van der Waals surface area contributed by atoms with Gasteiger partial charge in [0.1, 0.15) is 0 Å². The zero-order chi connectivity index (χ0) is 25.3. The molecule has 0 saturated carbocycles. The minimum atomic E-state index is -4.58. The number of likely N-dealkylation sites (N-methyl/N-ethyl adjacent to an activating group) is 2. The highest BCUT2D eigenvalue weighted by Crippen LogP contribution is 2.39. The van der Waals surface area contributed by atoms with E-state index in [1.54, 1.807) is 18.3 Å². The van der Waals surface area contributed by atoms with Gasteiger partial charge < -0.3 is 14.9 Å². The number of hydrogen-bond donors (Lipinski definition) is 1. The molecule has 35 heavy (non-hydrogen) atoms. The van der Waals surface area contributed by atoms with Gasteiger partial charge in [0.25, 0.3) is 0 Å². The van der Waals surface area contributed by atoms with Gasteiger partial charge in [-0.25, -0.2) is 0 Å². The molecule has 4 rings (SSSR count). The maximum Gasteiger partial charge on any atom is 0.416 e. The predicted molar refractivity (Wildman–Crippen MR) is 133 cm³/mol. The number of nitrogens with zero attached hydrogens (tertiary/aromatic N) is 5. The van der Waals surface area contributed by atoms with Gasteiger partial charge in [0.15, 0.2) is 5.13 Å². The second kappa shape index (κ2) is 9.96. The van der Waals surface area contributed by atoms with E-state index in [1.807, 2.05) is 37.0 Å². The molecule has 0 atom stereocenters. The van der Waals surface area contributed by atoms with Crippen molar-refractivity contribution in [3.8, 4) is 5.88 Å². The molecule has 2 aromatic carbocycles. The summed E-state index contributed by atoms with van der Waals surface area (Å²) in [6, 6.07) is 9.07. The Labute approximate surface area is 209 Å². The number of fused-ring (bicyclic) bond motifs is 1. The largest absolute Gasteiger partial charge is 0.492 e. The number of hydrogen-bond acceptors (Lipinski definition) is 7.